The Morgan fingerprint density at radius 2 is 1.80 bits per heavy atom. The van der Waals surface area contributed by atoms with Crippen molar-refractivity contribution in [1.82, 2.24) is 15.3 Å². The van der Waals surface area contributed by atoms with Crippen molar-refractivity contribution >= 4 is 11.6 Å². The first-order valence-electron chi connectivity index (χ1n) is 5.23. The van der Waals surface area contributed by atoms with Gasteiger partial charge in [0.2, 0.25) is 5.95 Å². The monoisotopic (exact) mass is 207 g/mol. The quantitative estimate of drug-likeness (QED) is 0.690. The number of hydrogen-bond donors (Lipinski definition) is 2. The number of nitrogens with two attached hydrogens (primary N) is 1. The molecular weight excluding hydrogens is 190 g/mol. The second kappa shape index (κ2) is 4.02. The van der Waals surface area contributed by atoms with Crippen LogP contribution in [-0.2, 0) is 0 Å². The van der Waals surface area contributed by atoms with Gasteiger partial charge in [0, 0.05) is 25.2 Å². The Morgan fingerprint density at radius 1 is 1.27 bits per heavy atom. The van der Waals surface area contributed by atoms with Crippen LogP contribution < -0.4 is 16.0 Å². The Morgan fingerprint density at radius 3 is 2.33 bits per heavy atom. The Kier molecular flexibility index (Phi) is 2.73. The molecular formula is C10H17N5. The summed E-state index contributed by atoms with van der Waals surface area (Å²) >= 11 is 0. The molecule has 0 unspecified atom stereocenters. The fourth-order valence-corrected chi connectivity index (χ4v) is 1.98. The lowest BCUT2D eigenvalue weighted by Gasteiger charge is -2.36. The normalized spacial score (nSPS) is 26.7. The van der Waals surface area contributed by atoms with E-state index < -0.39 is 0 Å². The van der Waals surface area contributed by atoms with Crippen molar-refractivity contribution < 1.29 is 0 Å². The van der Waals surface area contributed by atoms with E-state index in [4.69, 9.17) is 5.73 Å². The smallest absolute Gasteiger partial charge is 0.225 e. The molecule has 5 heteroatoms. The highest BCUT2D eigenvalue weighted by molar-refractivity contribution is 5.38. The number of nitrogen functional groups attached to an aromatic ring is 1. The predicted molar refractivity (Wildman–Crippen MR) is 60.7 cm³/mol. The summed E-state index contributed by atoms with van der Waals surface area (Å²) < 4.78 is 0. The molecule has 1 fully saturated rings. The fraction of sp³-hybridized carbons (Fsp3) is 0.600. The van der Waals surface area contributed by atoms with E-state index in [1.807, 2.05) is 0 Å². The molecule has 1 aromatic rings. The van der Waals surface area contributed by atoms with Gasteiger partial charge in [0.15, 0.2) is 0 Å². The van der Waals surface area contributed by atoms with E-state index in [2.05, 4.69) is 34.0 Å². The Balaban J connectivity index is 2.12. The van der Waals surface area contributed by atoms with Crippen molar-refractivity contribution in [3.8, 4) is 0 Å². The maximum atomic E-state index is 5.55. The second-order valence-corrected chi connectivity index (χ2v) is 4.19. The molecule has 82 valence electrons. The zero-order valence-electron chi connectivity index (χ0n) is 9.14. The van der Waals surface area contributed by atoms with Crippen LogP contribution in [-0.4, -0.2) is 35.1 Å². The van der Waals surface area contributed by atoms with Crippen LogP contribution in [0.15, 0.2) is 12.4 Å². The van der Waals surface area contributed by atoms with Crippen LogP contribution in [0, 0.1) is 0 Å². The molecule has 0 bridgehead atoms. The van der Waals surface area contributed by atoms with Gasteiger partial charge in [0.1, 0.15) is 0 Å². The zero-order chi connectivity index (χ0) is 10.8. The zero-order valence-corrected chi connectivity index (χ0v) is 9.14. The topological polar surface area (TPSA) is 67.1 Å². The van der Waals surface area contributed by atoms with Gasteiger partial charge in [-0.25, -0.2) is 9.97 Å². The molecule has 0 spiro atoms. The molecule has 1 aliphatic heterocycles. The summed E-state index contributed by atoms with van der Waals surface area (Å²) in [6.45, 7) is 6.21. The molecule has 5 nitrogen and oxygen atoms in total. The SMILES string of the molecule is C[C@@H]1CN(c2ncc(N)cn2)C[C@H](C)N1. The summed E-state index contributed by atoms with van der Waals surface area (Å²) in [6, 6.07) is 0.935. The molecule has 0 saturated carbocycles. The van der Waals surface area contributed by atoms with Crippen molar-refractivity contribution in [3.63, 3.8) is 0 Å². The molecule has 2 rings (SSSR count). The number of aromatic nitrogens is 2. The second-order valence-electron chi connectivity index (χ2n) is 4.19. The van der Waals surface area contributed by atoms with Crippen LogP contribution in [0.5, 0.6) is 0 Å². The van der Waals surface area contributed by atoms with E-state index in [0.29, 0.717) is 17.8 Å². The number of nitrogens with zero attached hydrogens (tertiary/aromatic N) is 3. The third kappa shape index (κ3) is 2.36. The third-order valence-electron chi connectivity index (χ3n) is 2.50. The minimum Gasteiger partial charge on any atom is -0.396 e. The molecule has 2 heterocycles. The average Bonchev–Trinajstić information content (AvgIpc) is 2.17. The van der Waals surface area contributed by atoms with Crippen LogP contribution in [0.4, 0.5) is 11.6 Å². The van der Waals surface area contributed by atoms with Gasteiger partial charge in [-0.05, 0) is 13.8 Å². The Hall–Kier alpha value is -1.36. The number of nitrogens with one attached hydrogen (secondary N) is 1. The first-order chi connectivity index (χ1) is 7.15. The van der Waals surface area contributed by atoms with Crippen LogP contribution in [0.3, 0.4) is 0 Å². The van der Waals surface area contributed by atoms with Gasteiger partial charge in [-0.1, -0.05) is 0 Å². The highest BCUT2D eigenvalue weighted by Crippen LogP contribution is 2.12. The molecule has 1 aromatic heterocycles. The molecule has 0 amide bonds. The van der Waals surface area contributed by atoms with Gasteiger partial charge in [0.05, 0.1) is 18.1 Å². The van der Waals surface area contributed by atoms with E-state index in [0.717, 1.165) is 19.0 Å². The maximum Gasteiger partial charge on any atom is 0.225 e. The lowest BCUT2D eigenvalue weighted by Crippen LogP contribution is -2.54. The molecule has 0 aromatic carbocycles. The average molecular weight is 207 g/mol. The van der Waals surface area contributed by atoms with Crippen LogP contribution in [0.1, 0.15) is 13.8 Å². The van der Waals surface area contributed by atoms with Gasteiger partial charge >= 0.3 is 0 Å². The van der Waals surface area contributed by atoms with Crippen molar-refractivity contribution in [3.05, 3.63) is 12.4 Å². The van der Waals surface area contributed by atoms with Crippen molar-refractivity contribution in [2.75, 3.05) is 23.7 Å². The van der Waals surface area contributed by atoms with Gasteiger partial charge in [-0.2, -0.15) is 0 Å². The van der Waals surface area contributed by atoms with Crippen molar-refractivity contribution in [2.24, 2.45) is 0 Å². The van der Waals surface area contributed by atoms with Gasteiger partial charge in [-0.15, -0.1) is 0 Å². The highest BCUT2D eigenvalue weighted by Gasteiger charge is 2.22. The van der Waals surface area contributed by atoms with Crippen LogP contribution in [0.2, 0.25) is 0 Å². The molecule has 0 radical (unpaired) electrons. The van der Waals surface area contributed by atoms with Gasteiger partial charge in [-0.3, -0.25) is 0 Å². The van der Waals surface area contributed by atoms with Gasteiger partial charge < -0.3 is 16.0 Å². The minimum absolute atomic E-state index is 0.468. The Bertz CT molecular complexity index is 313. The molecule has 2 atom stereocenters. The van der Waals surface area contributed by atoms with E-state index in [1.165, 1.54) is 0 Å². The molecule has 1 saturated heterocycles. The van der Waals surface area contributed by atoms with Crippen molar-refractivity contribution in [2.45, 2.75) is 25.9 Å². The predicted octanol–water partition coefficient (Wildman–Crippen LogP) is 0.245. The Labute approximate surface area is 89.7 Å². The van der Waals surface area contributed by atoms with E-state index in [-0.39, 0.29) is 0 Å². The summed E-state index contributed by atoms with van der Waals surface area (Å²) in [4.78, 5) is 10.7. The molecule has 3 N–H and O–H groups in total. The minimum atomic E-state index is 0.468. The van der Waals surface area contributed by atoms with Crippen molar-refractivity contribution in [1.29, 1.82) is 0 Å². The number of hydrogen-bond acceptors (Lipinski definition) is 5. The molecule has 1 aliphatic rings. The summed E-state index contributed by atoms with van der Waals surface area (Å²) in [5, 5.41) is 3.47. The summed E-state index contributed by atoms with van der Waals surface area (Å²) in [7, 11) is 0. The lowest BCUT2D eigenvalue weighted by molar-refractivity contribution is 0.403. The fourth-order valence-electron chi connectivity index (χ4n) is 1.98. The first-order valence-corrected chi connectivity index (χ1v) is 5.23. The number of piperazine rings is 1. The van der Waals surface area contributed by atoms with E-state index in [9.17, 15) is 0 Å². The van der Waals surface area contributed by atoms with E-state index >= 15 is 0 Å². The van der Waals surface area contributed by atoms with Crippen LogP contribution >= 0.6 is 0 Å². The lowest BCUT2D eigenvalue weighted by atomic mass is 10.1. The standard InChI is InChI=1S/C10H17N5/c1-7-5-15(6-8(2)14-7)10-12-3-9(11)4-13-10/h3-4,7-8,14H,5-6,11H2,1-2H3/t7-,8+. The maximum absolute atomic E-state index is 5.55. The molecule has 15 heavy (non-hydrogen) atoms. The first kappa shape index (κ1) is 10.2. The van der Waals surface area contributed by atoms with E-state index in [1.54, 1.807) is 12.4 Å². The molecule has 0 aliphatic carbocycles. The van der Waals surface area contributed by atoms with Crippen LogP contribution in [0.25, 0.3) is 0 Å². The largest absolute Gasteiger partial charge is 0.396 e. The summed E-state index contributed by atoms with van der Waals surface area (Å²) in [6.07, 6.45) is 3.30. The number of rotatable bonds is 1. The summed E-state index contributed by atoms with van der Waals surface area (Å²) in [5.41, 5.74) is 6.16. The third-order valence-corrected chi connectivity index (χ3v) is 2.50. The number of anilines is 2. The van der Waals surface area contributed by atoms with Gasteiger partial charge in [0.25, 0.3) is 0 Å². The summed E-state index contributed by atoms with van der Waals surface area (Å²) in [5.74, 6) is 0.768. The highest BCUT2D eigenvalue weighted by atomic mass is 15.3.